The highest BCUT2D eigenvalue weighted by Gasteiger charge is 2.17. The first kappa shape index (κ1) is 14.4. The lowest BCUT2D eigenvalue weighted by Gasteiger charge is -2.19. The SMILES string of the molecule is CC(C)CC(CN)Nc1cc(F)ccc1[N+](=O)[O-]. The molecule has 0 aliphatic rings. The van der Waals surface area contributed by atoms with Gasteiger partial charge in [0, 0.05) is 24.7 Å². The molecule has 0 saturated carbocycles. The third-order valence-electron chi connectivity index (χ3n) is 2.56. The Balaban J connectivity index is 2.93. The number of nitro groups is 1. The van der Waals surface area contributed by atoms with Gasteiger partial charge in [0.15, 0.2) is 0 Å². The molecule has 0 aromatic heterocycles. The minimum absolute atomic E-state index is 0.106. The summed E-state index contributed by atoms with van der Waals surface area (Å²) in [5.74, 6) is -0.109. The summed E-state index contributed by atoms with van der Waals surface area (Å²) in [7, 11) is 0. The van der Waals surface area contributed by atoms with Gasteiger partial charge in [0.05, 0.1) is 4.92 Å². The third kappa shape index (κ3) is 3.96. The van der Waals surface area contributed by atoms with E-state index in [1.54, 1.807) is 0 Å². The third-order valence-corrected chi connectivity index (χ3v) is 2.56. The lowest BCUT2D eigenvalue weighted by atomic mass is 10.0. The van der Waals surface area contributed by atoms with E-state index in [1.807, 2.05) is 13.8 Å². The maximum absolute atomic E-state index is 13.1. The summed E-state index contributed by atoms with van der Waals surface area (Å²) in [6, 6.07) is 3.25. The average Bonchev–Trinajstić information content (AvgIpc) is 2.27. The Morgan fingerprint density at radius 1 is 1.50 bits per heavy atom. The molecule has 0 saturated heterocycles. The number of hydrogen-bond acceptors (Lipinski definition) is 4. The van der Waals surface area contributed by atoms with E-state index < -0.39 is 10.7 Å². The van der Waals surface area contributed by atoms with Crippen LogP contribution in [0.1, 0.15) is 20.3 Å². The summed E-state index contributed by atoms with van der Waals surface area (Å²) in [5.41, 5.74) is 5.64. The van der Waals surface area contributed by atoms with Gasteiger partial charge in [-0.3, -0.25) is 10.1 Å². The predicted molar refractivity (Wildman–Crippen MR) is 69.0 cm³/mol. The Labute approximate surface area is 105 Å². The summed E-state index contributed by atoms with van der Waals surface area (Å²) >= 11 is 0. The molecule has 1 atom stereocenters. The Kier molecular flexibility index (Phi) is 5.03. The van der Waals surface area contributed by atoms with Crippen molar-refractivity contribution >= 4 is 11.4 Å². The summed E-state index contributed by atoms with van der Waals surface area (Å²) < 4.78 is 13.1. The highest BCUT2D eigenvalue weighted by Crippen LogP contribution is 2.26. The van der Waals surface area contributed by atoms with Crippen LogP contribution in [0, 0.1) is 21.8 Å². The van der Waals surface area contributed by atoms with Crippen molar-refractivity contribution in [3.8, 4) is 0 Å². The largest absolute Gasteiger partial charge is 0.375 e. The minimum Gasteiger partial charge on any atom is -0.375 e. The Hall–Kier alpha value is -1.69. The van der Waals surface area contributed by atoms with Crippen LogP contribution in [-0.2, 0) is 0 Å². The fourth-order valence-corrected chi connectivity index (χ4v) is 1.79. The van der Waals surface area contributed by atoms with Crippen molar-refractivity contribution in [3.63, 3.8) is 0 Å². The van der Waals surface area contributed by atoms with Gasteiger partial charge >= 0.3 is 0 Å². The second-order valence-electron chi connectivity index (χ2n) is 4.63. The number of nitrogens with two attached hydrogens (primary N) is 1. The molecule has 0 aliphatic heterocycles. The molecule has 0 amide bonds. The van der Waals surface area contributed by atoms with E-state index in [1.165, 1.54) is 0 Å². The maximum Gasteiger partial charge on any atom is 0.292 e. The van der Waals surface area contributed by atoms with Crippen molar-refractivity contribution < 1.29 is 9.31 Å². The number of nitro benzene ring substituents is 1. The quantitative estimate of drug-likeness (QED) is 0.604. The Bertz CT molecular complexity index is 424. The molecule has 0 aliphatic carbocycles. The molecule has 5 nitrogen and oxygen atoms in total. The predicted octanol–water partition coefficient (Wildman–Crippen LogP) is 2.52. The highest BCUT2D eigenvalue weighted by molar-refractivity contribution is 5.61. The molecule has 0 fully saturated rings. The van der Waals surface area contributed by atoms with Gasteiger partial charge in [0.25, 0.3) is 5.69 Å². The van der Waals surface area contributed by atoms with E-state index in [4.69, 9.17) is 5.73 Å². The lowest BCUT2D eigenvalue weighted by molar-refractivity contribution is -0.384. The lowest BCUT2D eigenvalue weighted by Crippen LogP contribution is -2.30. The van der Waals surface area contributed by atoms with Crippen LogP contribution in [0.5, 0.6) is 0 Å². The van der Waals surface area contributed by atoms with Gasteiger partial charge in [-0.25, -0.2) is 4.39 Å². The number of rotatable bonds is 6. The fraction of sp³-hybridized carbons (Fsp3) is 0.500. The van der Waals surface area contributed by atoms with Crippen molar-refractivity contribution in [3.05, 3.63) is 34.1 Å². The highest BCUT2D eigenvalue weighted by atomic mass is 19.1. The number of anilines is 1. The maximum atomic E-state index is 13.1. The number of benzene rings is 1. The topological polar surface area (TPSA) is 81.2 Å². The van der Waals surface area contributed by atoms with Crippen molar-refractivity contribution in [2.24, 2.45) is 11.7 Å². The van der Waals surface area contributed by atoms with Crippen molar-refractivity contribution in [1.82, 2.24) is 0 Å². The fourth-order valence-electron chi connectivity index (χ4n) is 1.79. The van der Waals surface area contributed by atoms with Gasteiger partial charge in [-0.1, -0.05) is 13.8 Å². The first-order valence-electron chi connectivity index (χ1n) is 5.84. The molecular weight excluding hydrogens is 237 g/mol. The van der Waals surface area contributed by atoms with Gasteiger partial charge in [-0.2, -0.15) is 0 Å². The van der Waals surface area contributed by atoms with Gasteiger partial charge in [0.2, 0.25) is 0 Å². The van der Waals surface area contributed by atoms with Gasteiger partial charge in [-0.05, 0) is 18.4 Å². The van der Waals surface area contributed by atoms with Crippen LogP contribution in [0.3, 0.4) is 0 Å². The zero-order valence-electron chi connectivity index (χ0n) is 10.5. The van der Waals surface area contributed by atoms with E-state index in [9.17, 15) is 14.5 Å². The van der Waals surface area contributed by atoms with Crippen molar-refractivity contribution in [1.29, 1.82) is 0 Å². The van der Waals surface area contributed by atoms with Crippen molar-refractivity contribution in [2.45, 2.75) is 26.3 Å². The molecule has 100 valence electrons. The minimum atomic E-state index is -0.537. The monoisotopic (exact) mass is 255 g/mol. The zero-order chi connectivity index (χ0) is 13.7. The van der Waals surface area contributed by atoms with Gasteiger partial charge in [-0.15, -0.1) is 0 Å². The molecule has 0 bridgehead atoms. The van der Waals surface area contributed by atoms with Crippen LogP contribution < -0.4 is 11.1 Å². The van der Waals surface area contributed by atoms with Crippen LogP contribution >= 0.6 is 0 Å². The van der Waals surface area contributed by atoms with E-state index in [-0.39, 0.29) is 17.4 Å². The Morgan fingerprint density at radius 3 is 2.67 bits per heavy atom. The van der Waals surface area contributed by atoms with Crippen LogP contribution in [0.2, 0.25) is 0 Å². The van der Waals surface area contributed by atoms with E-state index >= 15 is 0 Å². The van der Waals surface area contributed by atoms with Gasteiger partial charge in [0.1, 0.15) is 11.5 Å². The summed E-state index contributed by atoms with van der Waals surface area (Å²) in [4.78, 5) is 10.3. The van der Waals surface area contributed by atoms with E-state index in [0.717, 1.165) is 24.6 Å². The van der Waals surface area contributed by atoms with Crippen LogP contribution in [-0.4, -0.2) is 17.5 Å². The first-order valence-corrected chi connectivity index (χ1v) is 5.84. The second-order valence-corrected chi connectivity index (χ2v) is 4.63. The number of nitrogens with one attached hydrogen (secondary N) is 1. The molecule has 0 spiro atoms. The molecule has 1 rings (SSSR count). The molecule has 1 unspecified atom stereocenters. The summed E-state index contributed by atoms with van der Waals surface area (Å²) in [6.45, 7) is 4.40. The molecule has 1 aromatic carbocycles. The normalized spacial score (nSPS) is 12.5. The second kappa shape index (κ2) is 6.30. The van der Waals surface area contributed by atoms with Gasteiger partial charge < -0.3 is 11.1 Å². The standard InChI is InChI=1S/C12H18FN3O2/c1-8(2)5-10(7-14)15-11-6-9(13)3-4-12(11)16(17)18/h3-4,6,8,10,15H,5,7,14H2,1-2H3. The number of hydrogen-bond donors (Lipinski definition) is 2. The molecule has 6 heteroatoms. The molecule has 0 heterocycles. The van der Waals surface area contributed by atoms with E-state index in [2.05, 4.69) is 5.32 Å². The van der Waals surface area contributed by atoms with Crippen LogP contribution in [0.15, 0.2) is 18.2 Å². The van der Waals surface area contributed by atoms with Crippen LogP contribution in [0.25, 0.3) is 0 Å². The average molecular weight is 255 g/mol. The molecule has 18 heavy (non-hydrogen) atoms. The number of halogens is 1. The van der Waals surface area contributed by atoms with E-state index in [0.29, 0.717) is 12.5 Å². The summed E-state index contributed by atoms with van der Waals surface area (Å²) in [5, 5.41) is 13.8. The number of nitrogens with zero attached hydrogens (tertiary/aromatic N) is 1. The molecule has 0 radical (unpaired) electrons. The van der Waals surface area contributed by atoms with Crippen LogP contribution in [0.4, 0.5) is 15.8 Å². The first-order chi connectivity index (χ1) is 8.43. The molecule has 3 N–H and O–H groups in total. The molecule has 1 aromatic rings. The molecular formula is C12H18FN3O2. The van der Waals surface area contributed by atoms with Crippen molar-refractivity contribution in [2.75, 3.05) is 11.9 Å². The summed E-state index contributed by atoms with van der Waals surface area (Å²) in [6.07, 6.45) is 0.768. The zero-order valence-corrected chi connectivity index (χ0v) is 10.5. The Morgan fingerprint density at radius 2 is 2.17 bits per heavy atom. The smallest absolute Gasteiger partial charge is 0.292 e.